The summed E-state index contributed by atoms with van der Waals surface area (Å²) in [5.74, 6) is 0.700. The largest absolute Gasteiger partial charge is 0.491 e. The van der Waals surface area contributed by atoms with Crippen LogP contribution in [0.1, 0.15) is 13.8 Å². The highest BCUT2D eigenvalue weighted by atomic mass is 35.5. The van der Waals surface area contributed by atoms with Crippen LogP contribution in [0.3, 0.4) is 0 Å². The molecule has 1 aliphatic rings. The smallest absolute Gasteiger partial charge is 0.159 e. The SMILES string of the molecule is C/C1=C(C#N)/N=C(\C)CO[C@H](COc2cccc(Cl)c2)CN1. The lowest BCUT2D eigenvalue weighted by molar-refractivity contribution is 0.0442. The van der Waals surface area contributed by atoms with Gasteiger partial charge in [0.1, 0.15) is 24.5 Å². The van der Waals surface area contributed by atoms with Gasteiger partial charge in [0.15, 0.2) is 5.70 Å². The van der Waals surface area contributed by atoms with Crippen molar-refractivity contribution in [2.24, 2.45) is 4.99 Å². The standard InChI is InChI=1S/C16H18ClN3O2/c1-11-9-21-15(8-19-12(2)16(7-18)20-11)10-22-14-5-3-4-13(17)6-14/h3-6,15,19H,8-10H2,1-2H3/b16-12-,20-11+/t15-/m0/s1. The van der Waals surface area contributed by atoms with E-state index in [4.69, 9.17) is 26.3 Å². The molecule has 0 radical (unpaired) electrons. The van der Waals surface area contributed by atoms with Crippen LogP contribution < -0.4 is 10.1 Å². The lowest BCUT2D eigenvalue weighted by Crippen LogP contribution is -2.34. The Morgan fingerprint density at radius 1 is 1.50 bits per heavy atom. The summed E-state index contributed by atoms with van der Waals surface area (Å²) in [5, 5.41) is 12.9. The van der Waals surface area contributed by atoms with Crippen LogP contribution in [-0.4, -0.2) is 31.6 Å². The first-order valence-electron chi connectivity index (χ1n) is 6.97. The van der Waals surface area contributed by atoms with E-state index in [2.05, 4.69) is 16.4 Å². The van der Waals surface area contributed by atoms with E-state index >= 15 is 0 Å². The molecule has 1 aliphatic heterocycles. The van der Waals surface area contributed by atoms with Crippen molar-refractivity contribution in [3.8, 4) is 11.8 Å². The minimum atomic E-state index is -0.155. The Morgan fingerprint density at radius 3 is 3.05 bits per heavy atom. The third kappa shape index (κ3) is 4.76. The molecule has 0 aliphatic carbocycles. The molecule has 0 saturated heterocycles. The predicted molar refractivity (Wildman–Crippen MR) is 86.1 cm³/mol. The summed E-state index contributed by atoms with van der Waals surface area (Å²) < 4.78 is 11.5. The Balaban J connectivity index is 2.00. The number of rotatable bonds is 3. The molecule has 0 amide bonds. The number of allylic oxidation sites excluding steroid dienone is 2. The molecule has 2 rings (SSSR count). The molecule has 22 heavy (non-hydrogen) atoms. The number of nitriles is 1. The van der Waals surface area contributed by atoms with Crippen molar-refractivity contribution in [3.63, 3.8) is 0 Å². The molecule has 1 atom stereocenters. The van der Waals surface area contributed by atoms with Gasteiger partial charge < -0.3 is 14.8 Å². The maximum Gasteiger partial charge on any atom is 0.159 e. The quantitative estimate of drug-likeness (QED) is 0.930. The fraction of sp³-hybridized carbons (Fsp3) is 0.375. The number of halogens is 1. The van der Waals surface area contributed by atoms with Crippen LogP contribution in [-0.2, 0) is 4.74 Å². The van der Waals surface area contributed by atoms with Gasteiger partial charge in [-0.2, -0.15) is 5.26 Å². The van der Waals surface area contributed by atoms with Gasteiger partial charge in [-0.25, -0.2) is 4.99 Å². The van der Waals surface area contributed by atoms with Gasteiger partial charge in [-0.3, -0.25) is 0 Å². The molecule has 0 bridgehead atoms. The topological polar surface area (TPSA) is 66.6 Å². The molecule has 0 aromatic heterocycles. The molecule has 116 valence electrons. The summed E-state index contributed by atoms with van der Waals surface area (Å²) in [6.45, 7) is 4.96. The number of nitrogens with one attached hydrogen (secondary N) is 1. The molecule has 1 N–H and O–H groups in total. The lowest BCUT2D eigenvalue weighted by atomic mass is 10.3. The van der Waals surface area contributed by atoms with Crippen molar-refractivity contribution in [2.75, 3.05) is 19.8 Å². The summed E-state index contributed by atoms with van der Waals surface area (Å²) >= 11 is 5.93. The molecule has 1 aromatic carbocycles. The summed E-state index contributed by atoms with van der Waals surface area (Å²) in [4.78, 5) is 4.25. The van der Waals surface area contributed by atoms with Crippen molar-refractivity contribution in [2.45, 2.75) is 20.0 Å². The molecule has 6 heteroatoms. The van der Waals surface area contributed by atoms with Gasteiger partial charge in [0.2, 0.25) is 0 Å². The van der Waals surface area contributed by atoms with Gasteiger partial charge in [-0.05, 0) is 32.0 Å². The summed E-state index contributed by atoms with van der Waals surface area (Å²) in [7, 11) is 0. The second-order valence-corrected chi connectivity index (χ2v) is 5.45. The molecular formula is C16H18ClN3O2. The Labute approximate surface area is 135 Å². The van der Waals surface area contributed by atoms with Crippen molar-refractivity contribution in [1.82, 2.24) is 5.32 Å². The zero-order valence-corrected chi connectivity index (χ0v) is 13.4. The van der Waals surface area contributed by atoms with E-state index in [0.717, 1.165) is 11.4 Å². The van der Waals surface area contributed by atoms with Crippen molar-refractivity contribution in [3.05, 3.63) is 40.7 Å². The molecule has 1 heterocycles. The first kappa shape index (κ1) is 16.3. The highest BCUT2D eigenvalue weighted by molar-refractivity contribution is 6.30. The number of nitrogens with zero attached hydrogens (tertiary/aromatic N) is 2. The Morgan fingerprint density at radius 2 is 2.32 bits per heavy atom. The number of benzene rings is 1. The van der Waals surface area contributed by atoms with Crippen LogP contribution in [0.25, 0.3) is 0 Å². The molecule has 1 aromatic rings. The van der Waals surface area contributed by atoms with Crippen LogP contribution in [0.5, 0.6) is 5.75 Å². The average Bonchev–Trinajstić information content (AvgIpc) is 2.57. The summed E-state index contributed by atoms with van der Waals surface area (Å²) in [6.07, 6.45) is -0.155. The second kappa shape index (κ2) is 7.83. The van der Waals surface area contributed by atoms with Crippen LogP contribution in [0.4, 0.5) is 0 Å². The van der Waals surface area contributed by atoms with E-state index in [0.29, 0.717) is 36.2 Å². The minimum absolute atomic E-state index is 0.155. The van der Waals surface area contributed by atoms with Gasteiger partial charge in [-0.15, -0.1) is 0 Å². The number of hydrogen-bond acceptors (Lipinski definition) is 5. The van der Waals surface area contributed by atoms with Crippen molar-refractivity contribution < 1.29 is 9.47 Å². The van der Waals surface area contributed by atoms with Crippen LogP contribution in [0, 0.1) is 11.3 Å². The molecule has 0 unspecified atom stereocenters. The van der Waals surface area contributed by atoms with E-state index in [9.17, 15) is 0 Å². The van der Waals surface area contributed by atoms with Crippen LogP contribution in [0.15, 0.2) is 40.7 Å². The number of aliphatic imine (C=N–C) groups is 1. The molecular weight excluding hydrogens is 302 g/mol. The maximum absolute atomic E-state index is 9.10. The average molecular weight is 320 g/mol. The predicted octanol–water partition coefficient (Wildman–Crippen LogP) is 2.92. The minimum Gasteiger partial charge on any atom is -0.491 e. The number of ether oxygens (including phenoxy) is 2. The second-order valence-electron chi connectivity index (χ2n) is 5.01. The van der Waals surface area contributed by atoms with Gasteiger partial charge in [0.25, 0.3) is 0 Å². The summed E-state index contributed by atoms with van der Waals surface area (Å²) in [5.41, 5.74) is 1.88. The lowest BCUT2D eigenvalue weighted by Gasteiger charge is -2.19. The maximum atomic E-state index is 9.10. The Hall–Kier alpha value is -2.03. The fourth-order valence-electron chi connectivity index (χ4n) is 1.92. The molecule has 0 saturated carbocycles. The third-order valence-electron chi connectivity index (χ3n) is 3.12. The highest BCUT2D eigenvalue weighted by Crippen LogP contribution is 2.17. The monoisotopic (exact) mass is 319 g/mol. The third-order valence-corrected chi connectivity index (χ3v) is 3.35. The van der Waals surface area contributed by atoms with Gasteiger partial charge in [-0.1, -0.05) is 17.7 Å². The van der Waals surface area contributed by atoms with Crippen molar-refractivity contribution in [1.29, 1.82) is 5.26 Å². The van der Waals surface area contributed by atoms with E-state index in [1.807, 2.05) is 26.0 Å². The summed E-state index contributed by atoms with van der Waals surface area (Å²) in [6, 6.07) is 9.33. The molecule has 5 nitrogen and oxygen atoms in total. The van der Waals surface area contributed by atoms with E-state index in [1.54, 1.807) is 12.1 Å². The van der Waals surface area contributed by atoms with E-state index < -0.39 is 0 Å². The first-order chi connectivity index (χ1) is 10.6. The van der Waals surface area contributed by atoms with Gasteiger partial charge >= 0.3 is 0 Å². The normalized spacial score (nSPS) is 24.8. The zero-order valence-electron chi connectivity index (χ0n) is 12.6. The van der Waals surface area contributed by atoms with Crippen molar-refractivity contribution >= 4 is 17.3 Å². The fourth-order valence-corrected chi connectivity index (χ4v) is 2.10. The molecule has 0 spiro atoms. The highest BCUT2D eigenvalue weighted by Gasteiger charge is 2.14. The first-order valence-corrected chi connectivity index (χ1v) is 7.35. The van der Waals surface area contributed by atoms with E-state index in [1.165, 1.54) is 0 Å². The zero-order chi connectivity index (χ0) is 15.9. The Bertz CT molecular complexity index is 635. The van der Waals surface area contributed by atoms with E-state index in [-0.39, 0.29) is 6.10 Å². The van der Waals surface area contributed by atoms with Gasteiger partial charge in [0.05, 0.1) is 6.61 Å². The van der Waals surface area contributed by atoms with Gasteiger partial charge in [0, 0.05) is 23.0 Å². The van der Waals surface area contributed by atoms with Crippen LogP contribution >= 0.6 is 11.6 Å². The molecule has 0 fully saturated rings. The van der Waals surface area contributed by atoms with Crippen LogP contribution in [0.2, 0.25) is 5.02 Å². The Kier molecular flexibility index (Phi) is 5.82. The number of hydrogen-bond donors (Lipinski definition) is 1.